The Labute approximate surface area is 75.3 Å². The van der Waals surface area contributed by atoms with Crippen molar-refractivity contribution in [1.29, 1.82) is 0 Å². The Hall–Kier alpha value is -1.36. The predicted molar refractivity (Wildman–Crippen MR) is 44.9 cm³/mol. The maximum atomic E-state index is 11.2. The molecular formula is C8H11N3O2. The van der Waals surface area contributed by atoms with E-state index in [0.717, 1.165) is 5.69 Å². The summed E-state index contributed by atoms with van der Waals surface area (Å²) in [5.74, 6) is -0.324. The number of H-pyrrole nitrogens is 1. The van der Waals surface area contributed by atoms with Crippen molar-refractivity contribution in [3.63, 3.8) is 0 Å². The van der Waals surface area contributed by atoms with E-state index < -0.39 is 5.54 Å². The van der Waals surface area contributed by atoms with Crippen molar-refractivity contribution in [2.24, 2.45) is 5.73 Å². The molecule has 0 aliphatic heterocycles. The second-order valence-corrected chi connectivity index (χ2v) is 3.30. The average Bonchev–Trinajstić information content (AvgIpc) is 2.65. The summed E-state index contributed by atoms with van der Waals surface area (Å²) in [6.45, 7) is 0. The summed E-state index contributed by atoms with van der Waals surface area (Å²) in [5.41, 5.74) is 5.88. The fraction of sp³-hybridized carbons (Fsp3) is 0.500. The normalized spacial score (nSPS) is 31.4. The van der Waals surface area contributed by atoms with Crippen LogP contribution in [0, 0.1) is 0 Å². The summed E-state index contributed by atoms with van der Waals surface area (Å²) in [5, 5.41) is 0. The summed E-state index contributed by atoms with van der Waals surface area (Å²) in [4.78, 5) is 18.0. The molecule has 1 aromatic heterocycles. The van der Waals surface area contributed by atoms with Gasteiger partial charge in [-0.05, 0) is 6.42 Å². The van der Waals surface area contributed by atoms with Crippen LogP contribution >= 0.6 is 0 Å². The smallest absolute Gasteiger partial charge is 0.326 e. The van der Waals surface area contributed by atoms with E-state index >= 15 is 0 Å². The molecular weight excluding hydrogens is 170 g/mol. The van der Waals surface area contributed by atoms with Gasteiger partial charge in [0.1, 0.15) is 5.54 Å². The van der Waals surface area contributed by atoms with Crippen molar-refractivity contribution >= 4 is 5.97 Å². The number of carbonyl (C=O) groups excluding carboxylic acids is 1. The number of nitrogens with two attached hydrogens (primary N) is 1. The molecule has 5 heteroatoms. The van der Waals surface area contributed by atoms with Crippen LogP contribution in [-0.2, 0) is 9.53 Å². The van der Waals surface area contributed by atoms with E-state index in [1.807, 2.05) is 0 Å². The molecule has 70 valence electrons. The number of methoxy groups -OCH3 is 1. The minimum atomic E-state index is -0.832. The third kappa shape index (κ3) is 1.12. The highest BCUT2D eigenvalue weighted by atomic mass is 16.5. The number of ether oxygens (including phenoxy) is 1. The topological polar surface area (TPSA) is 81.0 Å². The van der Waals surface area contributed by atoms with Crippen LogP contribution in [0.15, 0.2) is 12.5 Å². The van der Waals surface area contributed by atoms with Gasteiger partial charge in [-0.15, -0.1) is 0 Å². The number of nitrogens with one attached hydrogen (secondary N) is 1. The molecule has 1 aliphatic rings. The SMILES string of the molecule is COC(=O)C1(N)CC1c1cnc[nH]1. The summed E-state index contributed by atoms with van der Waals surface area (Å²) in [6, 6.07) is 0. The van der Waals surface area contributed by atoms with E-state index in [1.165, 1.54) is 7.11 Å². The molecule has 1 aromatic rings. The van der Waals surface area contributed by atoms with Crippen LogP contribution in [0.2, 0.25) is 0 Å². The number of nitrogens with zero attached hydrogens (tertiary/aromatic N) is 1. The molecule has 2 unspecified atom stereocenters. The molecule has 0 saturated heterocycles. The molecule has 0 amide bonds. The maximum Gasteiger partial charge on any atom is 0.326 e. The minimum absolute atomic E-state index is 0.0300. The van der Waals surface area contributed by atoms with E-state index in [9.17, 15) is 4.79 Å². The quantitative estimate of drug-likeness (QED) is 0.617. The molecule has 5 nitrogen and oxygen atoms in total. The first kappa shape index (κ1) is 8.25. The monoisotopic (exact) mass is 181 g/mol. The summed E-state index contributed by atoms with van der Waals surface area (Å²) in [7, 11) is 1.35. The third-order valence-corrected chi connectivity index (χ3v) is 2.46. The number of aromatic amines is 1. The fourth-order valence-corrected chi connectivity index (χ4v) is 1.54. The Balaban J connectivity index is 2.14. The molecule has 3 N–H and O–H groups in total. The number of rotatable bonds is 2. The van der Waals surface area contributed by atoms with Crippen LogP contribution in [0.25, 0.3) is 0 Å². The Morgan fingerprint density at radius 2 is 2.69 bits per heavy atom. The summed E-state index contributed by atoms with van der Waals surface area (Å²) < 4.78 is 4.61. The van der Waals surface area contributed by atoms with Crippen molar-refractivity contribution in [1.82, 2.24) is 9.97 Å². The van der Waals surface area contributed by atoms with Crippen LogP contribution in [0.4, 0.5) is 0 Å². The van der Waals surface area contributed by atoms with Crippen LogP contribution in [0.5, 0.6) is 0 Å². The number of carbonyl (C=O) groups is 1. The van der Waals surface area contributed by atoms with Crippen molar-refractivity contribution in [2.45, 2.75) is 17.9 Å². The van der Waals surface area contributed by atoms with Crippen molar-refractivity contribution in [3.8, 4) is 0 Å². The Morgan fingerprint density at radius 1 is 1.92 bits per heavy atom. The van der Waals surface area contributed by atoms with Gasteiger partial charge in [-0.2, -0.15) is 0 Å². The molecule has 1 saturated carbocycles. The summed E-state index contributed by atoms with van der Waals surface area (Å²) in [6.07, 6.45) is 3.88. The van der Waals surface area contributed by atoms with Crippen LogP contribution < -0.4 is 5.73 Å². The van der Waals surface area contributed by atoms with Crippen molar-refractivity contribution in [3.05, 3.63) is 18.2 Å². The molecule has 1 heterocycles. The van der Waals surface area contributed by atoms with Gasteiger partial charge >= 0.3 is 5.97 Å². The second-order valence-electron chi connectivity index (χ2n) is 3.30. The van der Waals surface area contributed by atoms with Crippen molar-refractivity contribution < 1.29 is 9.53 Å². The van der Waals surface area contributed by atoms with Crippen molar-refractivity contribution in [2.75, 3.05) is 7.11 Å². The zero-order valence-corrected chi connectivity index (χ0v) is 7.28. The molecule has 1 aliphatic carbocycles. The van der Waals surface area contributed by atoms with E-state index in [4.69, 9.17) is 5.73 Å². The first-order valence-corrected chi connectivity index (χ1v) is 4.04. The Bertz CT molecular complexity index is 322. The van der Waals surface area contributed by atoms with Gasteiger partial charge in [0.05, 0.1) is 13.4 Å². The van der Waals surface area contributed by atoms with Gasteiger partial charge in [-0.3, -0.25) is 4.79 Å². The fourth-order valence-electron chi connectivity index (χ4n) is 1.54. The Morgan fingerprint density at radius 3 is 3.23 bits per heavy atom. The van der Waals surface area contributed by atoms with Gasteiger partial charge in [0.2, 0.25) is 0 Å². The number of imidazole rings is 1. The highest BCUT2D eigenvalue weighted by Crippen LogP contribution is 2.49. The van der Waals surface area contributed by atoms with E-state index in [-0.39, 0.29) is 11.9 Å². The molecule has 0 bridgehead atoms. The summed E-state index contributed by atoms with van der Waals surface area (Å²) >= 11 is 0. The Kier molecular flexibility index (Phi) is 1.63. The van der Waals surface area contributed by atoms with Crippen LogP contribution in [0.3, 0.4) is 0 Å². The molecule has 2 rings (SSSR count). The van der Waals surface area contributed by atoms with E-state index in [1.54, 1.807) is 12.5 Å². The lowest BCUT2D eigenvalue weighted by molar-refractivity contribution is -0.143. The molecule has 2 atom stereocenters. The lowest BCUT2D eigenvalue weighted by Crippen LogP contribution is -2.35. The lowest BCUT2D eigenvalue weighted by atomic mass is 10.2. The molecule has 0 aromatic carbocycles. The first-order chi connectivity index (χ1) is 6.18. The second kappa shape index (κ2) is 2.56. The number of esters is 1. The minimum Gasteiger partial charge on any atom is -0.468 e. The standard InChI is InChI=1S/C8H11N3O2/c1-13-7(12)8(9)2-5(8)6-3-10-4-11-6/h3-5H,2,9H2,1H3,(H,10,11). The van der Waals surface area contributed by atoms with Gasteiger partial charge in [0.15, 0.2) is 0 Å². The van der Waals surface area contributed by atoms with Gasteiger partial charge in [-0.25, -0.2) is 4.98 Å². The van der Waals surface area contributed by atoms with Gasteiger partial charge in [0, 0.05) is 17.8 Å². The molecule has 0 spiro atoms. The van der Waals surface area contributed by atoms with Gasteiger partial charge < -0.3 is 15.5 Å². The zero-order valence-electron chi connectivity index (χ0n) is 7.28. The average molecular weight is 181 g/mol. The highest BCUT2D eigenvalue weighted by molar-refractivity contribution is 5.86. The molecule has 0 radical (unpaired) electrons. The predicted octanol–water partition coefficient (Wildman–Crippen LogP) is -0.233. The highest BCUT2D eigenvalue weighted by Gasteiger charge is 2.59. The largest absolute Gasteiger partial charge is 0.468 e. The first-order valence-electron chi connectivity index (χ1n) is 4.04. The molecule has 13 heavy (non-hydrogen) atoms. The number of hydrogen-bond acceptors (Lipinski definition) is 4. The van der Waals surface area contributed by atoms with Crippen LogP contribution in [0.1, 0.15) is 18.0 Å². The third-order valence-electron chi connectivity index (χ3n) is 2.46. The van der Waals surface area contributed by atoms with E-state index in [0.29, 0.717) is 6.42 Å². The van der Waals surface area contributed by atoms with Gasteiger partial charge in [-0.1, -0.05) is 0 Å². The lowest BCUT2D eigenvalue weighted by Gasteiger charge is -2.06. The maximum absolute atomic E-state index is 11.2. The van der Waals surface area contributed by atoms with Gasteiger partial charge in [0.25, 0.3) is 0 Å². The van der Waals surface area contributed by atoms with Crippen LogP contribution in [-0.4, -0.2) is 28.6 Å². The number of aromatic nitrogens is 2. The zero-order chi connectivity index (χ0) is 9.47. The van der Waals surface area contributed by atoms with E-state index in [2.05, 4.69) is 14.7 Å². The number of hydrogen-bond donors (Lipinski definition) is 2. The molecule has 1 fully saturated rings.